The van der Waals surface area contributed by atoms with Crippen LogP contribution in [0, 0.1) is 0 Å². The van der Waals surface area contributed by atoms with E-state index < -0.39 is 11.9 Å². The molecule has 0 saturated heterocycles. The van der Waals surface area contributed by atoms with Gasteiger partial charge in [0.15, 0.2) is 0 Å². The molecule has 0 aliphatic heterocycles. The minimum Gasteiger partial charge on any atom is -0.850 e. The summed E-state index contributed by atoms with van der Waals surface area (Å²) >= 11 is 0. The quantitative estimate of drug-likeness (QED) is 0.0943. The van der Waals surface area contributed by atoms with Gasteiger partial charge in [-0.05, 0) is 62.4 Å². The predicted molar refractivity (Wildman–Crippen MR) is 161 cm³/mol. The molecule has 4 aromatic rings. The van der Waals surface area contributed by atoms with Gasteiger partial charge in [0.2, 0.25) is 0 Å². The van der Waals surface area contributed by atoms with Crippen molar-refractivity contribution in [1.29, 1.82) is 0 Å². The number of carbonyl (C=O) groups is 2. The molecule has 0 fully saturated rings. The van der Waals surface area contributed by atoms with Crippen LogP contribution in [-0.4, -0.2) is 62.5 Å². The Bertz CT molecular complexity index is 1150. The number of rotatable bonds is 8. The van der Waals surface area contributed by atoms with Gasteiger partial charge in [-0.3, -0.25) is 19.9 Å². The Morgan fingerprint density at radius 2 is 0.580 bits per heavy atom. The van der Waals surface area contributed by atoms with Crippen LogP contribution in [0.2, 0.25) is 0 Å². The number of pyridine rings is 4. The average molecular weight is 800 g/mol. The first-order valence-corrected chi connectivity index (χ1v) is 13.9. The van der Waals surface area contributed by atoms with E-state index in [0.29, 0.717) is 45.6 Å². The fourth-order valence-electron chi connectivity index (χ4n) is 2.81. The molecule has 0 amide bonds. The first kappa shape index (κ1) is 53.1. The largest absolute Gasteiger partial charge is 2.00 e. The summed E-state index contributed by atoms with van der Waals surface area (Å²) in [6, 6.07) is 20.4. The summed E-state index contributed by atoms with van der Waals surface area (Å²) in [5, 5.41) is 89.9. The van der Waals surface area contributed by atoms with Crippen LogP contribution in [0.25, 0.3) is 0 Å². The molecule has 282 valence electrons. The van der Waals surface area contributed by atoms with Gasteiger partial charge in [-0.1, -0.05) is 37.5 Å². The number of carbonyl (C=O) groups excluding carboxylic acids is 2. The Hall–Kier alpha value is -3.74. The van der Waals surface area contributed by atoms with Crippen LogP contribution in [-0.2, 0) is 96.6 Å². The molecule has 2 radical (unpaired) electrons. The standard InChI is InChI=1S/2C7H9NO2.2C7H8NO2.2C2H4O2.2Cu/c4*9-4-6-2-1-3-7(5-10)8-6;2*1-2(3)4;;/h2*1-3,9-10H,4-5H2;2*1-3,9H,4-5H2;2*1H3,(H,3,4);;/q;;2*-1;;;2*+2/p-2. The van der Waals surface area contributed by atoms with E-state index in [4.69, 9.17) is 50.4 Å². The fourth-order valence-corrected chi connectivity index (χ4v) is 2.81. The summed E-state index contributed by atoms with van der Waals surface area (Å²) in [6.07, 6.45) is 0. The first-order chi connectivity index (χ1) is 22.9. The minimum absolute atomic E-state index is 0. The summed E-state index contributed by atoms with van der Waals surface area (Å²) in [5.41, 5.74) is 4.41. The molecule has 4 aromatic heterocycles. The summed E-state index contributed by atoms with van der Waals surface area (Å²) in [6.45, 7) is 0.784. The molecular formula is C32H40Cu2N4O12. The Morgan fingerprint density at radius 3 is 0.720 bits per heavy atom. The van der Waals surface area contributed by atoms with Crippen LogP contribution < -0.4 is 20.4 Å². The van der Waals surface area contributed by atoms with Crippen LogP contribution in [0.15, 0.2) is 72.8 Å². The van der Waals surface area contributed by atoms with E-state index >= 15 is 0 Å². The van der Waals surface area contributed by atoms with Crippen molar-refractivity contribution in [3.8, 4) is 0 Å². The van der Waals surface area contributed by atoms with Crippen LogP contribution >= 0.6 is 0 Å². The maximum Gasteiger partial charge on any atom is 2.00 e. The molecule has 6 N–H and O–H groups in total. The van der Waals surface area contributed by atoms with Crippen molar-refractivity contribution in [2.45, 2.75) is 66.7 Å². The monoisotopic (exact) mass is 798 g/mol. The number of aliphatic hydroxyl groups is 6. The normalized spacial score (nSPS) is 8.84. The number of aliphatic carboxylic acids is 2. The van der Waals surface area contributed by atoms with Gasteiger partial charge in [0.25, 0.3) is 0 Å². The van der Waals surface area contributed by atoms with Gasteiger partial charge in [0.05, 0.1) is 73.8 Å². The molecular weight excluding hydrogens is 759 g/mol. The third kappa shape index (κ3) is 30.3. The summed E-state index contributed by atoms with van der Waals surface area (Å²) in [7, 11) is 0. The summed E-state index contributed by atoms with van der Waals surface area (Å²) in [5.74, 6) is -2.17. The van der Waals surface area contributed by atoms with Crippen molar-refractivity contribution in [3.63, 3.8) is 0 Å². The van der Waals surface area contributed by atoms with Crippen LogP contribution in [0.4, 0.5) is 0 Å². The molecule has 50 heavy (non-hydrogen) atoms. The minimum atomic E-state index is -1.08. The van der Waals surface area contributed by atoms with Crippen molar-refractivity contribution in [2.75, 3.05) is 0 Å². The first-order valence-electron chi connectivity index (χ1n) is 13.9. The summed E-state index contributed by atoms with van der Waals surface area (Å²) < 4.78 is 0. The van der Waals surface area contributed by atoms with E-state index in [9.17, 15) is 10.2 Å². The molecule has 0 spiro atoms. The number of aromatic nitrogens is 4. The summed E-state index contributed by atoms with van der Waals surface area (Å²) in [4.78, 5) is 33.3. The average Bonchev–Trinajstić information content (AvgIpc) is 3.11. The van der Waals surface area contributed by atoms with E-state index in [1.165, 1.54) is 0 Å². The zero-order valence-electron chi connectivity index (χ0n) is 27.1. The second-order valence-electron chi connectivity index (χ2n) is 8.70. The van der Waals surface area contributed by atoms with E-state index in [2.05, 4.69) is 19.9 Å². The Kier molecular flexibility index (Phi) is 37.2. The van der Waals surface area contributed by atoms with Crippen molar-refractivity contribution >= 4 is 11.9 Å². The Labute approximate surface area is 310 Å². The van der Waals surface area contributed by atoms with Crippen molar-refractivity contribution in [1.82, 2.24) is 19.9 Å². The third-order valence-electron chi connectivity index (χ3n) is 4.73. The molecule has 4 rings (SSSR count). The molecule has 4 heterocycles. The van der Waals surface area contributed by atoms with Crippen molar-refractivity contribution in [3.05, 3.63) is 118 Å². The number of carboxylic acid groups (broad SMARTS) is 2. The number of nitrogens with zero attached hydrogens (tertiary/aromatic N) is 4. The van der Waals surface area contributed by atoms with Gasteiger partial charge in [-0.25, -0.2) is 0 Å². The molecule has 16 nitrogen and oxygen atoms in total. The zero-order chi connectivity index (χ0) is 36.7. The second kappa shape index (κ2) is 35.1. The number of hydrogen-bond acceptors (Lipinski definition) is 16. The van der Waals surface area contributed by atoms with Gasteiger partial charge < -0.3 is 60.7 Å². The van der Waals surface area contributed by atoms with E-state index in [1.54, 1.807) is 72.8 Å². The molecule has 0 unspecified atom stereocenters. The van der Waals surface area contributed by atoms with E-state index in [-0.39, 0.29) is 87.0 Å². The second-order valence-corrected chi connectivity index (χ2v) is 8.70. The van der Waals surface area contributed by atoms with Crippen molar-refractivity contribution in [2.24, 2.45) is 0 Å². The molecule has 18 heteroatoms. The smallest absolute Gasteiger partial charge is 0.850 e. The van der Waals surface area contributed by atoms with Crippen molar-refractivity contribution < 1.29 is 94.8 Å². The molecule has 0 aliphatic carbocycles. The van der Waals surface area contributed by atoms with E-state index in [1.807, 2.05) is 0 Å². The molecule has 0 saturated carbocycles. The van der Waals surface area contributed by atoms with Gasteiger partial charge in [0.1, 0.15) is 0 Å². The van der Waals surface area contributed by atoms with Crippen LogP contribution in [0.1, 0.15) is 59.4 Å². The fraction of sp³-hybridized carbons (Fsp3) is 0.312. The van der Waals surface area contributed by atoms with Crippen LogP contribution in [0.5, 0.6) is 0 Å². The van der Waals surface area contributed by atoms with E-state index in [0.717, 1.165) is 13.8 Å². The molecule has 0 aromatic carbocycles. The topological polar surface area (TPSA) is 299 Å². The number of hydrogen-bond donors (Lipinski definition) is 6. The van der Waals surface area contributed by atoms with Gasteiger partial charge in [0, 0.05) is 23.3 Å². The van der Waals surface area contributed by atoms with Crippen LogP contribution in [0.3, 0.4) is 0 Å². The maximum atomic E-state index is 10.3. The zero-order valence-corrected chi connectivity index (χ0v) is 29.0. The Balaban J connectivity index is -0.000000260. The van der Waals surface area contributed by atoms with Gasteiger partial charge in [-0.15, -0.1) is 0 Å². The van der Waals surface area contributed by atoms with Gasteiger partial charge in [-0.2, -0.15) is 0 Å². The van der Waals surface area contributed by atoms with Gasteiger partial charge >= 0.3 is 34.1 Å². The predicted octanol–water partition coefficient (Wildman–Crippen LogP) is -3.49. The molecule has 0 aliphatic rings. The molecule has 0 atom stereocenters. The third-order valence-corrected chi connectivity index (χ3v) is 4.73. The maximum absolute atomic E-state index is 10.3. The number of aliphatic hydroxyl groups excluding tert-OH is 6. The Morgan fingerprint density at radius 1 is 0.440 bits per heavy atom. The SMILES string of the molecule is CC(=O)[O-].CC(=O)[O-].OCc1cccc(CO)n1.OCc1cccc(CO)n1.[Cu+2].[Cu+2].[O-]Cc1cccc(CO)n1.[O-]Cc1cccc(CO)n1. The molecule has 0 bridgehead atoms. The number of carboxylic acids is 2.